The van der Waals surface area contributed by atoms with Crippen molar-refractivity contribution in [3.8, 4) is 0 Å². The van der Waals surface area contributed by atoms with E-state index in [0.29, 0.717) is 18.1 Å². The van der Waals surface area contributed by atoms with E-state index in [-0.39, 0.29) is 0 Å². The Morgan fingerprint density at radius 2 is 1.94 bits per heavy atom. The van der Waals surface area contributed by atoms with Gasteiger partial charge in [-0.05, 0) is 43.2 Å². The summed E-state index contributed by atoms with van der Waals surface area (Å²) in [5.74, 6) is 0.707. The predicted molar refractivity (Wildman–Crippen MR) is 69.2 cm³/mol. The molecule has 0 amide bonds. The number of hydrogen-bond acceptors (Lipinski definition) is 2. The van der Waals surface area contributed by atoms with Gasteiger partial charge in [-0.2, -0.15) is 0 Å². The van der Waals surface area contributed by atoms with Crippen molar-refractivity contribution in [3.05, 3.63) is 35.4 Å². The fraction of sp³-hybridized carbons (Fsp3) is 0.600. The van der Waals surface area contributed by atoms with Crippen molar-refractivity contribution < 1.29 is 4.74 Å². The second kappa shape index (κ2) is 4.79. The van der Waals surface area contributed by atoms with Crippen LogP contribution < -0.4 is 5.32 Å². The number of benzene rings is 1. The van der Waals surface area contributed by atoms with E-state index in [0.717, 1.165) is 13.2 Å². The summed E-state index contributed by atoms with van der Waals surface area (Å²) in [7, 11) is 0. The molecule has 1 heterocycles. The second-order valence-electron chi connectivity index (χ2n) is 5.41. The van der Waals surface area contributed by atoms with Crippen molar-refractivity contribution in [2.75, 3.05) is 13.2 Å². The highest BCUT2D eigenvalue weighted by Crippen LogP contribution is 2.23. The zero-order chi connectivity index (χ0) is 11.7. The predicted octanol–water partition coefficient (Wildman–Crippen LogP) is 2.17. The van der Waals surface area contributed by atoms with E-state index < -0.39 is 0 Å². The molecule has 1 aromatic rings. The van der Waals surface area contributed by atoms with Gasteiger partial charge in [0.2, 0.25) is 0 Å². The topological polar surface area (TPSA) is 21.3 Å². The molecular weight excluding hydrogens is 210 g/mol. The summed E-state index contributed by atoms with van der Waals surface area (Å²) >= 11 is 0. The first kappa shape index (κ1) is 11.2. The normalized spacial score (nSPS) is 28.5. The smallest absolute Gasteiger partial charge is 0.0588 e. The summed E-state index contributed by atoms with van der Waals surface area (Å²) in [6, 6.07) is 9.46. The Kier molecular flexibility index (Phi) is 3.17. The van der Waals surface area contributed by atoms with Gasteiger partial charge in [-0.1, -0.05) is 24.3 Å². The van der Waals surface area contributed by atoms with E-state index in [1.165, 1.54) is 30.4 Å². The van der Waals surface area contributed by atoms with Crippen molar-refractivity contribution in [3.63, 3.8) is 0 Å². The van der Waals surface area contributed by atoms with Gasteiger partial charge in [0.15, 0.2) is 0 Å². The van der Waals surface area contributed by atoms with Crippen LogP contribution in [0, 0.1) is 5.92 Å². The molecule has 2 heteroatoms. The molecule has 2 atom stereocenters. The summed E-state index contributed by atoms with van der Waals surface area (Å²) in [5.41, 5.74) is 3.06. The monoisotopic (exact) mass is 231 g/mol. The Hall–Kier alpha value is -0.860. The molecule has 0 spiro atoms. The number of rotatable bonds is 3. The minimum atomic E-state index is 0.436. The summed E-state index contributed by atoms with van der Waals surface area (Å²) in [6.07, 6.45) is 4.04. The Morgan fingerprint density at radius 1 is 1.24 bits per heavy atom. The van der Waals surface area contributed by atoms with E-state index in [9.17, 15) is 0 Å². The molecule has 1 aliphatic heterocycles. The Morgan fingerprint density at radius 3 is 2.53 bits per heavy atom. The maximum atomic E-state index is 5.60. The molecular formula is C15H21NO. The zero-order valence-electron chi connectivity index (χ0n) is 10.5. The number of fused-ring (bicyclic) bond motifs is 1. The molecule has 1 N–H and O–H groups in total. The lowest BCUT2D eigenvalue weighted by molar-refractivity contribution is 0.105. The van der Waals surface area contributed by atoms with Crippen molar-refractivity contribution in [1.29, 1.82) is 0 Å². The third-order valence-corrected chi connectivity index (χ3v) is 4.25. The lowest BCUT2D eigenvalue weighted by Crippen LogP contribution is -2.35. The first-order valence-electron chi connectivity index (χ1n) is 6.74. The van der Waals surface area contributed by atoms with Gasteiger partial charge in [0.25, 0.3) is 0 Å². The molecule has 1 saturated heterocycles. The van der Waals surface area contributed by atoms with Crippen LogP contribution in [0.25, 0.3) is 0 Å². The van der Waals surface area contributed by atoms with Crippen LogP contribution in [0.5, 0.6) is 0 Å². The van der Waals surface area contributed by atoms with Crippen LogP contribution in [-0.4, -0.2) is 25.3 Å². The number of ether oxygens (including phenoxy) is 1. The largest absolute Gasteiger partial charge is 0.378 e. The maximum absolute atomic E-state index is 5.60. The van der Waals surface area contributed by atoms with E-state index >= 15 is 0 Å². The minimum absolute atomic E-state index is 0.436. The third-order valence-electron chi connectivity index (χ3n) is 4.25. The highest BCUT2D eigenvalue weighted by Gasteiger charge is 2.26. The first-order valence-corrected chi connectivity index (χ1v) is 6.74. The molecule has 17 heavy (non-hydrogen) atoms. The van der Waals surface area contributed by atoms with Crippen LogP contribution in [-0.2, 0) is 17.6 Å². The SMILES string of the molecule is CC1OCCC1CNC1Cc2ccccc2C1. The molecule has 0 saturated carbocycles. The number of hydrogen-bond donors (Lipinski definition) is 1. The summed E-state index contributed by atoms with van der Waals surface area (Å²) in [6.45, 7) is 4.25. The lowest BCUT2D eigenvalue weighted by atomic mass is 10.0. The van der Waals surface area contributed by atoms with E-state index in [4.69, 9.17) is 4.74 Å². The third kappa shape index (κ3) is 2.38. The molecule has 2 nitrogen and oxygen atoms in total. The average Bonchev–Trinajstić information content (AvgIpc) is 2.92. The van der Waals surface area contributed by atoms with E-state index in [1.807, 2.05) is 0 Å². The van der Waals surface area contributed by atoms with Crippen LogP contribution >= 0.6 is 0 Å². The fourth-order valence-corrected chi connectivity index (χ4v) is 3.07. The fourth-order valence-electron chi connectivity index (χ4n) is 3.07. The van der Waals surface area contributed by atoms with Gasteiger partial charge in [0, 0.05) is 19.2 Å². The number of nitrogens with one attached hydrogen (secondary N) is 1. The van der Waals surface area contributed by atoms with Crippen LogP contribution in [0.15, 0.2) is 24.3 Å². The van der Waals surface area contributed by atoms with Crippen molar-refractivity contribution in [1.82, 2.24) is 5.32 Å². The molecule has 2 aliphatic rings. The quantitative estimate of drug-likeness (QED) is 0.861. The van der Waals surface area contributed by atoms with Gasteiger partial charge < -0.3 is 10.1 Å². The van der Waals surface area contributed by atoms with E-state index in [1.54, 1.807) is 0 Å². The van der Waals surface area contributed by atoms with Crippen LogP contribution in [0.3, 0.4) is 0 Å². The Bertz CT molecular complexity index is 365. The van der Waals surface area contributed by atoms with Crippen molar-refractivity contribution in [2.45, 2.75) is 38.3 Å². The van der Waals surface area contributed by atoms with Gasteiger partial charge in [-0.3, -0.25) is 0 Å². The van der Waals surface area contributed by atoms with Crippen molar-refractivity contribution in [2.24, 2.45) is 5.92 Å². The Labute approximate surface area is 103 Å². The van der Waals surface area contributed by atoms with Crippen LogP contribution in [0.1, 0.15) is 24.5 Å². The van der Waals surface area contributed by atoms with Gasteiger partial charge in [-0.15, -0.1) is 0 Å². The summed E-state index contributed by atoms with van der Waals surface area (Å²) in [4.78, 5) is 0. The molecule has 2 unspecified atom stereocenters. The molecule has 3 rings (SSSR count). The summed E-state index contributed by atoms with van der Waals surface area (Å²) < 4.78 is 5.60. The van der Waals surface area contributed by atoms with Gasteiger partial charge in [0.05, 0.1) is 6.10 Å². The first-order chi connectivity index (χ1) is 8.33. The molecule has 1 fully saturated rings. The summed E-state index contributed by atoms with van der Waals surface area (Å²) in [5, 5.41) is 3.72. The second-order valence-corrected chi connectivity index (χ2v) is 5.41. The minimum Gasteiger partial charge on any atom is -0.378 e. The van der Waals surface area contributed by atoms with Crippen molar-refractivity contribution >= 4 is 0 Å². The molecule has 1 aliphatic carbocycles. The standard InChI is InChI=1S/C15H21NO/c1-11-14(6-7-17-11)10-16-15-8-12-4-2-3-5-13(12)9-15/h2-5,11,14-16H,6-10H2,1H3. The highest BCUT2D eigenvalue weighted by atomic mass is 16.5. The van der Waals surface area contributed by atoms with Gasteiger partial charge in [-0.25, -0.2) is 0 Å². The Balaban J connectivity index is 1.52. The van der Waals surface area contributed by atoms with Gasteiger partial charge >= 0.3 is 0 Å². The average molecular weight is 231 g/mol. The molecule has 0 radical (unpaired) electrons. The maximum Gasteiger partial charge on any atom is 0.0588 e. The molecule has 1 aromatic carbocycles. The van der Waals surface area contributed by atoms with E-state index in [2.05, 4.69) is 36.5 Å². The molecule has 0 aromatic heterocycles. The van der Waals surface area contributed by atoms with Crippen LogP contribution in [0.4, 0.5) is 0 Å². The zero-order valence-corrected chi connectivity index (χ0v) is 10.5. The molecule has 92 valence electrons. The lowest BCUT2D eigenvalue weighted by Gasteiger charge is -2.18. The molecule has 0 bridgehead atoms. The highest BCUT2D eigenvalue weighted by molar-refractivity contribution is 5.33. The van der Waals surface area contributed by atoms with Crippen LogP contribution in [0.2, 0.25) is 0 Å². The van der Waals surface area contributed by atoms with Gasteiger partial charge in [0.1, 0.15) is 0 Å².